The Morgan fingerprint density at radius 3 is 2.50 bits per heavy atom. The van der Waals surface area contributed by atoms with Crippen molar-refractivity contribution in [2.45, 2.75) is 50.2 Å². The topological polar surface area (TPSA) is 103 Å². The van der Waals surface area contributed by atoms with E-state index >= 15 is 4.39 Å². The van der Waals surface area contributed by atoms with Gasteiger partial charge in [0.05, 0.1) is 25.3 Å². The fourth-order valence-electron chi connectivity index (χ4n) is 4.78. The number of imidazole rings is 1. The number of carbonyl (C=O) groups excluding carboxylic acids is 2. The number of esters is 1. The van der Waals surface area contributed by atoms with Crippen LogP contribution in [0.4, 0.5) is 18.0 Å². The lowest BCUT2D eigenvalue weighted by molar-refractivity contribution is -0.143. The first-order valence-corrected chi connectivity index (χ1v) is 12.3. The quantitative estimate of drug-likeness (QED) is 0.357. The second-order valence-electron chi connectivity index (χ2n) is 9.40. The summed E-state index contributed by atoms with van der Waals surface area (Å²) in [7, 11) is 2.59. The molecule has 3 aromatic rings. The lowest BCUT2D eigenvalue weighted by Gasteiger charge is -2.33. The van der Waals surface area contributed by atoms with Gasteiger partial charge in [0, 0.05) is 25.5 Å². The molecule has 0 radical (unpaired) electrons. The van der Waals surface area contributed by atoms with Crippen LogP contribution in [0.5, 0.6) is 0 Å². The number of nitrogens with zero attached hydrogens (tertiary/aromatic N) is 1. The van der Waals surface area contributed by atoms with Gasteiger partial charge in [-0.25, -0.2) is 22.9 Å². The number of hydrogen-bond donors (Lipinski definition) is 2. The molecule has 2 N–H and O–H groups in total. The third kappa shape index (κ3) is 6.27. The number of amides is 1. The van der Waals surface area contributed by atoms with Gasteiger partial charge < -0.3 is 24.5 Å². The number of methoxy groups -OCH3 is 2. The average Bonchev–Trinajstić information content (AvgIpc) is 3.35. The molecule has 204 valence electrons. The van der Waals surface area contributed by atoms with Crippen LogP contribution in [-0.2, 0) is 25.6 Å². The number of benzene rings is 2. The van der Waals surface area contributed by atoms with Crippen molar-refractivity contribution in [1.29, 1.82) is 0 Å². The first kappa shape index (κ1) is 27.4. The molecule has 0 saturated heterocycles. The van der Waals surface area contributed by atoms with Crippen LogP contribution in [-0.4, -0.2) is 48.8 Å². The van der Waals surface area contributed by atoms with E-state index < -0.39 is 35.8 Å². The summed E-state index contributed by atoms with van der Waals surface area (Å²) in [6, 6.07) is 11.3. The van der Waals surface area contributed by atoms with E-state index in [9.17, 15) is 18.4 Å². The van der Waals surface area contributed by atoms with E-state index in [0.717, 1.165) is 5.56 Å². The summed E-state index contributed by atoms with van der Waals surface area (Å²) in [5, 5.41) is 2.75. The van der Waals surface area contributed by atoms with E-state index in [0.29, 0.717) is 5.52 Å². The zero-order valence-corrected chi connectivity index (χ0v) is 21.1. The van der Waals surface area contributed by atoms with Gasteiger partial charge in [0.15, 0.2) is 5.82 Å². The van der Waals surface area contributed by atoms with Gasteiger partial charge in [-0.15, -0.1) is 0 Å². The highest BCUT2D eigenvalue weighted by Crippen LogP contribution is 2.41. The number of hydrogen-bond acceptors (Lipinski definition) is 6. The number of rotatable bonds is 9. The number of nitrogens with one attached hydrogen (secondary N) is 2. The maximum atomic E-state index is 15.6. The monoisotopic (exact) mass is 533 g/mol. The van der Waals surface area contributed by atoms with Gasteiger partial charge in [-0.1, -0.05) is 36.4 Å². The lowest BCUT2D eigenvalue weighted by Crippen LogP contribution is -2.38. The van der Waals surface area contributed by atoms with E-state index in [1.807, 2.05) is 18.2 Å². The summed E-state index contributed by atoms with van der Waals surface area (Å²) in [4.78, 5) is 32.4. The maximum Gasteiger partial charge on any atom is 0.408 e. The molecule has 2 atom stereocenters. The smallest absolute Gasteiger partial charge is 0.408 e. The number of carbonyl (C=O) groups is 2. The second-order valence-corrected chi connectivity index (χ2v) is 9.40. The number of aromatic nitrogens is 2. The highest BCUT2D eigenvalue weighted by atomic mass is 19.3. The Labute approximate surface area is 217 Å². The van der Waals surface area contributed by atoms with Crippen LogP contribution in [0.1, 0.15) is 54.6 Å². The molecule has 0 unspecified atom stereocenters. The first-order chi connectivity index (χ1) is 18.2. The van der Waals surface area contributed by atoms with Gasteiger partial charge >= 0.3 is 12.1 Å². The molecule has 1 aromatic heterocycles. The van der Waals surface area contributed by atoms with E-state index in [4.69, 9.17) is 14.2 Å². The fourth-order valence-corrected chi connectivity index (χ4v) is 4.78. The number of aromatic amines is 1. The minimum Gasteiger partial charge on any atom is -0.468 e. The highest BCUT2D eigenvalue weighted by molar-refractivity contribution is 5.83. The summed E-state index contributed by atoms with van der Waals surface area (Å²) >= 11 is 0. The molecule has 1 heterocycles. The Morgan fingerprint density at radius 2 is 1.84 bits per heavy atom. The van der Waals surface area contributed by atoms with Crippen LogP contribution in [0.15, 0.2) is 42.5 Å². The Kier molecular flexibility index (Phi) is 8.55. The third-order valence-corrected chi connectivity index (χ3v) is 6.85. The average molecular weight is 534 g/mol. The van der Waals surface area contributed by atoms with Crippen molar-refractivity contribution >= 4 is 23.1 Å². The molecule has 11 heteroatoms. The number of halogens is 3. The summed E-state index contributed by atoms with van der Waals surface area (Å²) in [6.45, 7) is -0.0746. The van der Waals surface area contributed by atoms with Crippen LogP contribution in [0, 0.1) is 11.7 Å². The van der Waals surface area contributed by atoms with Crippen molar-refractivity contribution in [2.24, 2.45) is 5.92 Å². The molecular formula is C27H30F3N3O5. The lowest BCUT2D eigenvalue weighted by atomic mass is 9.82. The Morgan fingerprint density at radius 1 is 1.13 bits per heavy atom. The number of fused-ring (bicyclic) bond motifs is 1. The molecule has 1 amide bonds. The van der Waals surface area contributed by atoms with Gasteiger partial charge in [0.25, 0.3) is 0 Å². The molecule has 38 heavy (non-hydrogen) atoms. The molecule has 1 aliphatic carbocycles. The van der Waals surface area contributed by atoms with Crippen LogP contribution < -0.4 is 5.32 Å². The molecule has 0 bridgehead atoms. The van der Waals surface area contributed by atoms with E-state index in [-0.39, 0.29) is 61.7 Å². The normalized spacial score (nSPS) is 17.1. The Hall–Kier alpha value is -3.60. The second kappa shape index (κ2) is 11.8. The standard InChI is InChI=1S/C27H30F3N3O5/c1-36-15-19(25(34)37-2)18-8-9-20-23(21(18)28)32-24(31-20)22(17-10-12-27(29,30)13-11-17)33-26(35)38-14-16-6-4-3-5-7-16/h3-9,17,19,22H,10-15H2,1-2H3,(H,31,32)(H,33,35)/t19-,22+/m1/s1. The zero-order chi connectivity index (χ0) is 27.3. The zero-order valence-electron chi connectivity index (χ0n) is 21.1. The first-order valence-electron chi connectivity index (χ1n) is 12.3. The molecule has 4 rings (SSSR count). The summed E-state index contributed by atoms with van der Waals surface area (Å²) in [6.07, 6.45) is -1.13. The minimum atomic E-state index is -2.77. The number of H-pyrrole nitrogens is 1. The molecule has 1 aliphatic rings. The van der Waals surface area contributed by atoms with E-state index in [1.54, 1.807) is 18.2 Å². The molecular weight excluding hydrogens is 503 g/mol. The number of alkyl carbamates (subject to hydrolysis) is 1. The van der Waals surface area contributed by atoms with Crippen molar-refractivity contribution < 1.29 is 37.0 Å². The van der Waals surface area contributed by atoms with Crippen LogP contribution in [0.3, 0.4) is 0 Å². The predicted molar refractivity (Wildman–Crippen MR) is 132 cm³/mol. The SMILES string of the molecule is COC[C@@H](C(=O)OC)c1ccc2[nH]c([C@@H](NC(=O)OCc3ccccc3)C3CCC(F)(F)CC3)nc2c1F. The van der Waals surface area contributed by atoms with Crippen molar-refractivity contribution in [3.05, 3.63) is 65.2 Å². The predicted octanol–water partition coefficient (Wildman–Crippen LogP) is 5.40. The van der Waals surface area contributed by atoms with E-state index in [2.05, 4.69) is 15.3 Å². The summed E-state index contributed by atoms with van der Waals surface area (Å²) in [5.74, 6) is -5.34. The largest absolute Gasteiger partial charge is 0.468 e. The van der Waals surface area contributed by atoms with Gasteiger partial charge in [-0.05, 0) is 30.4 Å². The van der Waals surface area contributed by atoms with Gasteiger partial charge in [0.2, 0.25) is 5.92 Å². The van der Waals surface area contributed by atoms with E-state index in [1.165, 1.54) is 20.3 Å². The van der Waals surface area contributed by atoms with Crippen LogP contribution in [0.2, 0.25) is 0 Å². The number of ether oxygens (including phenoxy) is 3. The van der Waals surface area contributed by atoms with Gasteiger partial charge in [0.1, 0.15) is 23.9 Å². The Bertz CT molecular complexity index is 1260. The summed E-state index contributed by atoms with van der Waals surface area (Å²) in [5.41, 5.74) is 1.11. The van der Waals surface area contributed by atoms with Crippen LogP contribution in [0.25, 0.3) is 11.0 Å². The third-order valence-electron chi connectivity index (χ3n) is 6.85. The minimum absolute atomic E-state index is 0.0225. The fraction of sp³-hybridized carbons (Fsp3) is 0.444. The molecule has 1 saturated carbocycles. The molecule has 8 nitrogen and oxygen atoms in total. The van der Waals surface area contributed by atoms with Gasteiger partial charge in [-0.2, -0.15) is 0 Å². The van der Waals surface area contributed by atoms with Crippen molar-refractivity contribution in [2.75, 3.05) is 20.8 Å². The molecule has 2 aromatic carbocycles. The van der Waals surface area contributed by atoms with Crippen molar-refractivity contribution in [3.8, 4) is 0 Å². The van der Waals surface area contributed by atoms with Crippen LogP contribution >= 0.6 is 0 Å². The Balaban J connectivity index is 1.62. The van der Waals surface area contributed by atoms with Gasteiger partial charge in [-0.3, -0.25) is 4.79 Å². The molecule has 0 aliphatic heterocycles. The number of alkyl halides is 2. The highest BCUT2D eigenvalue weighted by Gasteiger charge is 2.40. The van der Waals surface area contributed by atoms with Crippen molar-refractivity contribution in [1.82, 2.24) is 15.3 Å². The summed E-state index contributed by atoms with van der Waals surface area (Å²) < 4.78 is 58.5. The molecule has 0 spiro atoms. The maximum absolute atomic E-state index is 15.6. The molecule has 1 fully saturated rings. The van der Waals surface area contributed by atoms with Crippen molar-refractivity contribution in [3.63, 3.8) is 0 Å².